The van der Waals surface area contributed by atoms with E-state index in [0.29, 0.717) is 0 Å². The lowest BCUT2D eigenvalue weighted by Gasteiger charge is -2.21. The van der Waals surface area contributed by atoms with Gasteiger partial charge in [0.2, 0.25) is 0 Å². The Bertz CT molecular complexity index is 470. The Morgan fingerprint density at radius 1 is 1.24 bits per heavy atom. The molecule has 3 nitrogen and oxygen atoms in total. The number of aliphatic imine (C=N–C) groups is 1. The van der Waals surface area contributed by atoms with E-state index in [0.717, 1.165) is 42.9 Å². The van der Waals surface area contributed by atoms with Gasteiger partial charge in [0, 0.05) is 43.3 Å². The maximum absolute atomic E-state index is 4.57. The molecule has 17 heavy (non-hydrogen) atoms. The summed E-state index contributed by atoms with van der Waals surface area (Å²) in [6, 6.07) is 2.11. The third kappa shape index (κ3) is 1.86. The SMILES string of the molecule is C=C1CCN=C1c1cnccc1N1CCCC1. The number of aromatic nitrogens is 1. The van der Waals surface area contributed by atoms with E-state index in [-0.39, 0.29) is 0 Å². The molecule has 0 aromatic carbocycles. The molecule has 0 aliphatic carbocycles. The molecule has 88 valence electrons. The minimum absolute atomic E-state index is 0.877. The third-order valence-corrected chi connectivity index (χ3v) is 3.52. The normalized spacial score (nSPS) is 19.9. The minimum Gasteiger partial charge on any atom is -0.371 e. The van der Waals surface area contributed by atoms with Crippen LogP contribution < -0.4 is 4.90 Å². The maximum Gasteiger partial charge on any atom is 0.0709 e. The van der Waals surface area contributed by atoms with Crippen molar-refractivity contribution < 1.29 is 0 Å². The van der Waals surface area contributed by atoms with E-state index in [9.17, 15) is 0 Å². The molecule has 0 bridgehead atoms. The van der Waals surface area contributed by atoms with Crippen molar-refractivity contribution in [2.45, 2.75) is 19.3 Å². The van der Waals surface area contributed by atoms with Gasteiger partial charge in [0.15, 0.2) is 0 Å². The van der Waals surface area contributed by atoms with Crippen molar-refractivity contribution in [3.63, 3.8) is 0 Å². The molecule has 0 saturated carbocycles. The summed E-state index contributed by atoms with van der Waals surface area (Å²) in [7, 11) is 0. The zero-order chi connectivity index (χ0) is 11.7. The fourth-order valence-electron chi connectivity index (χ4n) is 2.61. The summed E-state index contributed by atoms with van der Waals surface area (Å²) in [4.78, 5) is 11.3. The zero-order valence-electron chi connectivity index (χ0n) is 10.0. The van der Waals surface area contributed by atoms with Crippen LogP contribution in [0, 0.1) is 0 Å². The Kier molecular flexibility index (Phi) is 2.67. The second kappa shape index (κ2) is 4.32. The van der Waals surface area contributed by atoms with Gasteiger partial charge in [-0.3, -0.25) is 9.98 Å². The molecule has 0 spiro atoms. The number of nitrogens with zero attached hydrogens (tertiary/aromatic N) is 3. The van der Waals surface area contributed by atoms with E-state index in [2.05, 4.69) is 27.5 Å². The summed E-state index contributed by atoms with van der Waals surface area (Å²) in [5, 5.41) is 0. The van der Waals surface area contributed by atoms with Gasteiger partial charge in [0.1, 0.15) is 0 Å². The van der Waals surface area contributed by atoms with Gasteiger partial charge in [-0.2, -0.15) is 0 Å². The van der Waals surface area contributed by atoms with Crippen LogP contribution in [0.3, 0.4) is 0 Å². The van der Waals surface area contributed by atoms with E-state index >= 15 is 0 Å². The monoisotopic (exact) mass is 227 g/mol. The first-order valence-corrected chi connectivity index (χ1v) is 6.28. The molecule has 3 heterocycles. The summed E-state index contributed by atoms with van der Waals surface area (Å²) in [6.07, 6.45) is 7.37. The highest BCUT2D eigenvalue weighted by molar-refractivity contribution is 6.16. The molecular weight excluding hydrogens is 210 g/mol. The van der Waals surface area contributed by atoms with Gasteiger partial charge in [-0.05, 0) is 30.9 Å². The Labute approximate surface area is 102 Å². The Morgan fingerprint density at radius 2 is 2.06 bits per heavy atom. The second-order valence-corrected chi connectivity index (χ2v) is 4.67. The van der Waals surface area contributed by atoms with Crippen LogP contribution in [0.1, 0.15) is 24.8 Å². The van der Waals surface area contributed by atoms with E-state index < -0.39 is 0 Å². The highest BCUT2D eigenvalue weighted by Gasteiger charge is 2.21. The molecular formula is C14H17N3. The number of hydrogen-bond acceptors (Lipinski definition) is 3. The summed E-state index contributed by atoms with van der Waals surface area (Å²) in [5.41, 5.74) is 4.66. The fraction of sp³-hybridized carbons (Fsp3) is 0.429. The fourth-order valence-corrected chi connectivity index (χ4v) is 2.61. The number of hydrogen-bond donors (Lipinski definition) is 0. The predicted molar refractivity (Wildman–Crippen MR) is 70.8 cm³/mol. The van der Waals surface area contributed by atoms with Crippen molar-refractivity contribution in [2.75, 3.05) is 24.5 Å². The Hall–Kier alpha value is -1.64. The van der Waals surface area contributed by atoms with Crippen LogP contribution in [-0.2, 0) is 0 Å². The van der Waals surface area contributed by atoms with E-state index in [1.54, 1.807) is 0 Å². The molecule has 2 aliphatic heterocycles. The molecule has 0 amide bonds. The molecule has 1 fully saturated rings. The molecule has 0 N–H and O–H groups in total. The lowest BCUT2D eigenvalue weighted by atomic mass is 10.0. The van der Waals surface area contributed by atoms with Gasteiger partial charge < -0.3 is 4.90 Å². The van der Waals surface area contributed by atoms with Gasteiger partial charge in [0.05, 0.1) is 5.71 Å². The quantitative estimate of drug-likeness (QED) is 0.776. The molecule has 1 aromatic rings. The molecule has 3 heteroatoms. The van der Waals surface area contributed by atoms with E-state index in [1.807, 2.05) is 12.4 Å². The van der Waals surface area contributed by atoms with Crippen LogP contribution in [0.15, 0.2) is 35.6 Å². The van der Waals surface area contributed by atoms with Gasteiger partial charge in [-0.1, -0.05) is 6.58 Å². The molecule has 0 unspecified atom stereocenters. The van der Waals surface area contributed by atoms with Crippen LogP contribution in [0.5, 0.6) is 0 Å². The highest BCUT2D eigenvalue weighted by Crippen LogP contribution is 2.28. The van der Waals surface area contributed by atoms with Crippen LogP contribution in [0.2, 0.25) is 0 Å². The maximum atomic E-state index is 4.57. The summed E-state index contributed by atoms with van der Waals surface area (Å²) in [6.45, 7) is 7.28. The van der Waals surface area contributed by atoms with E-state index in [1.165, 1.54) is 18.5 Å². The molecule has 2 aliphatic rings. The van der Waals surface area contributed by atoms with Crippen molar-refractivity contribution >= 4 is 11.4 Å². The minimum atomic E-state index is 0.877. The van der Waals surface area contributed by atoms with Crippen molar-refractivity contribution in [3.8, 4) is 0 Å². The first kappa shape index (κ1) is 10.5. The van der Waals surface area contributed by atoms with Gasteiger partial charge >= 0.3 is 0 Å². The molecule has 1 aromatic heterocycles. The Morgan fingerprint density at radius 3 is 2.76 bits per heavy atom. The first-order valence-electron chi connectivity index (χ1n) is 6.28. The number of pyridine rings is 1. The average Bonchev–Trinajstić information content (AvgIpc) is 3.00. The average molecular weight is 227 g/mol. The molecule has 1 saturated heterocycles. The second-order valence-electron chi connectivity index (χ2n) is 4.67. The van der Waals surface area contributed by atoms with Crippen LogP contribution >= 0.6 is 0 Å². The molecule has 0 atom stereocenters. The van der Waals surface area contributed by atoms with Gasteiger partial charge in [-0.15, -0.1) is 0 Å². The van der Waals surface area contributed by atoms with Gasteiger partial charge in [0.25, 0.3) is 0 Å². The number of anilines is 1. The van der Waals surface area contributed by atoms with E-state index in [4.69, 9.17) is 0 Å². The smallest absolute Gasteiger partial charge is 0.0709 e. The number of rotatable bonds is 2. The largest absolute Gasteiger partial charge is 0.371 e. The van der Waals surface area contributed by atoms with Crippen LogP contribution in [-0.4, -0.2) is 30.3 Å². The third-order valence-electron chi connectivity index (χ3n) is 3.52. The Balaban J connectivity index is 2.01. The van der Waals surface area contributed by atoms with Gasteiger partial charge in [-0.25, -0.2) is 0 Å². The summed E-state index contributed by atoms with van der Waals surface area (Å²) in [5.74, 6) is 0. The summed E-state index contributed by atoms with van der Waals surface area (Å²) < 4.78 is 0. The summed E-state index contributed by atoms with van der Waals surface area (Å²) >= 11 is 0. The zero-order valence-corrected chi connectivity index (χ0v) is 10.0. The van der Waals surface area contributed by atoms with Crippen LogP contribution in [0.25, 0.3) is 0 Å². The van der Waals surface area contributed by atoms with Crippen molar-refractivity contribution in [1.29, 1.82) is 0 Å². The lowest BCUT2D eigenvalue weighted by molar-refractivity contribution is 0.949. The van der Waals surface area contributed by atoms with Crippen LogP contribution in [0.4, 0.5) is 5.69 Å². The molecule has 0 radical (unpaired) electrons. The highest BCUT2D eigenvalue weighted by atomic mass is 15.1. The lowest BCUT2D eigenvalue weighted by Crippen LogP contribution is -2.20. The van der Waals surface area contributed by atoms with Crippen molar-refractivity contribution in [1.82, 2.24) is 4.98 Å². The molecule has 3 rings (SSSR count). The van der Waals surface area contributed by atoms with Crippen molar-refractivity contribution in [2.24, 2.45) is 4.99 Å². The first-order chi connectivity index (χ1) is 8.36. The van der Waals surface area contributed by atoms with Crippen molar-refractivity contribution in [3.05, 3.63) is 36.2 Å². The predicted octanol–water partition coefficient (Wildman–Crippen LogP) is 2.43. The standard InChI is InChI=1S/C14H17N3/c1-11-4-7-16-14(11)12-10-15-6-5-13(12)17-8-2-3-9-17/h5-6,10H,1-4,7-9H2. The topological polar surface area (TPSA) is 28.5 Å².